The summed E-state index contributed by atoms with van der Waals surface area (Å²) in [6.45, 7) is 3.76. The van der Waals surface area contributed by atoms with Crippen molar-refractivity contribution in [2.45, 2.75) is 19.9 Å². The molecule has 0 saturated heterocycles. The number of imide groups is 1. The van der Waals surface area contributed by atoms with Crippen LogP contribution >= 0.6 is 0 Å². The Morgan fingerprint density at radius 3 is 1.70 bits per heavy atom. The number of carbonyl (C=O) groups is 3. The smallest absolute Gasteiger partial charge is 0.265 e. The molecule has 0 unspecified atom stereocenters. The first-order valence-electron chi connectivity index (χ1n) is 9.91. The van der Waals surface area contributed by atoms with Gasteiger partial charge in [-0.1, -0.05) is 62.4 Å². The quantitative estimate of drug-likeness (QED) is 0.609. The molecular weight excluding hydrogens is 376 g/mol. The lowest BCUT2D eigenvalue weighted by Crippen LogP contribution is -2.59. The van der Waals surface area contributed by atoms with Crippen LogP contribution in [0.15, 0.2) is 84.9 Å². The van der Waals surface area contributed by atoms with Gasteiger partial charge in [-0.2, -0.15) is 0 Å². The predicted octanol–water partition coefficient (Wildman–Crippen LogP) is 4.55. The highest BCUT2D eigenvalue weighted by Gasteiger charge is 2.45. The molecule has 3 aromatic carbocycles. The Kier molecular flexibility index (Phi) is 5.19. The molecule has 0 aromatic heterocycles. The number of rotatable bonds is 3. The van der Waals surface area contributed by atoms with E-state index in [0.717, 1.165) is 0 Å². The first-order valence-corrected chi connectivity index (χ1v) is 9.91. The van der Waals surface area contributed by atoms with Gasteiger partial charge >= 0.3 is 0 Å². The van der Waals surface area contributed by atoms with Crippen molar-refractivity contribution in [3.8, 4) is 0 Å². The fourth-order valence-corrected chi connectivity index (χ4v) is 3.83. The maximum atomic E-state index is 13.6. The van der Waals surface area contributed by atoms with Crippen molar-refractivity contribution in [1.82, 2.24) is 0 Å². The van der Waals surface area contributed by atoms with Crippen LogP contribution < -0.4 is 9.80 Å². The van der Waals surface area contributed by atoms with E-state index in [0.29, 0.717) is 22.5 Å². The molecule has 0 fully saturated rings. The van der Waals surface area contributed by atoms with Gasteiger partial charge < -0.3 is 0 Å². The van der Waals surface area contributed by atoms with E-state index < -0.39 is 17.9 Å². The number of amides is 3. The van der Waals surface area contributed by atoms with Gasteiger partial charge in [0.15, 0.2) is 0 Å². The Morgan fingerprint density at radius 1 is 0.700 bits per heavy atom. The number of para-hydroxylation sites is 2. The number of fused-ring (bicyclic) bond motifs is 1. The highest BCUT2D eigenvalue weighted by atomic mass is 16.2. The lowest BCUT2D eigenvalue weighted by molar-refractivity contribution is -0.120. The SMILES string of the molecule is CC(C)[C@@H]1C(=O)N(C(=O)c2ccccc2)c2ccccc2N1C(=O)c1ccccc1. The van der Waals surface area contributed by atoms with Crippen LogP contribution in [0.2, 0.25) is 0 Å². The fraction of sp³-hybridized carbons (Fsp3) is 0.160. The Balaban J connectivity index is 1.87. The van der Waals surface area contributed by atoms with Crippen molar-refractivity contribution >= 4 is 29.1 Å². The number of carbonyl (C=O) groups excluding carboxylic acids is 3. The van der Waals surface area contributed by atoms with Gasteiger partial charge in [-0.25, -0.2) is 4.90 Å². The van der Waals surface area contributed by atoms with Crippen LogP contribution in [-0.4, -0.2) is 23.8 Å². The van der Waals surface area contributed by atoms with Gasteiger partial charge in [-0.05, 0) is 42.3 Å². The monoisotopic (exact) mass is 398 g/mol. The topological polar surface area (TPSA) is 57.7 Å². The third-order valence-electron chi connectivity index (χ3n) is 5.23. The van der Waals surface area contributed by atoms with Gasteiger partial charge in [0.1, 0.15) is 6.04 Å². The second-order valence-corrected chi connectivity index (χ2v) is 7.56. The normalized spacial score (nSPS) is 15.8. The molecule has 1 atom stereocenters. The highest BCUT2D eigenvalue weighted by Crippen LogP contribution is 2.39. The number of hydrogen-bond donors (Lipinski definition) is 0. The molecule has 5 nitrogen and oxygen atoms in total. The molecule has 3 amide bonds. The predicted molar refractivity (Wildman–Crippen MR) is 117 cm³/mol. The first kappa shape index (κ1) is 19.6. The lowest BCUT2D eigenvalue weighted by atomic mass is 9.94. The van der Waals surface area contributed by atoms with Crippen molar-refractivity contribution in [1.29, 1.82) is 0 Å². The van der Waals surface area contributed by atoms with E-state index >= 15 is 0 Å². The first-order chi connectivity index (χ1) is 14.5. The molecule has 1 heterocycles. The molecule has 0 spiro atoms. The maximum absolute atomic E-state index is 13.6. The van der Waals surface area contributed by atoms with Gasteiger partial charge in [0.05, 0.1) is 11.4 Å². The summed E-state index contributed by atoms with van der Waals surface area (Å²) in [7, 11) is 0. The van der Waals surface area contributed by atoms with Crippen LogP contribution in [-0.2, 0) is 4.79 Å². The second kappa shape index (κ2) is 7.95. The summed E-state index contributed by atoms with van der Waals surface area (Å²) >= 11 is 0. The fourth-order valence-electron chi connectivity index (χ4n) is 3.83. The molecule has 5 heteroatoms. The Hall–Kier alpha value is -3.73. The van der Waals surface area contributed by atoms with Crippen LogP contribution in [0.4, 0.5) is 11.4 Å². The van der Waals surface area contributed by atoms with Gasteiger partial charge in [-0.3, -0.25) is 19.3 Å². The molecule has 1 aliphatic rings. The zero-order valence-electron chi connectivity index (χ0n) is 16.9. The van der Waals surface area contributed by atoms with E-state index in [1.807, 2.05) is 32.0 Å². The number of anilines is 2. The molecular formula is C25H22N2O3. The molecule has 0 aliphatic carbocycles. The van der Waals surface area contributed by atoms with Gasteiger partial charge in [0.2, 0.25) is 0 Å². The molecule has 0 N–H and O–H groups in total. The largest absolute Gasteiger partial charge is 0.293 e. The zero-order valence-corrected chi connectivity index (χ0v) is 16.9. The summed E-state index contributed by atoms with van der Waals surface area (Å²) in [5, 5.41) is 0. The van der Waals surface area contributed by atoms with E-state index in [2.05, 4.69) is 0 Å². The summed E-state index contributed by atoms with van der Waals surface area (Å²) in [4.78, 5) is 43.1. The average Bonchev–Trinajstić information content (AvgIpc) is 2.78. The van der Waals surface area contributed by atoms with Crippen molar-refractivity contribution in [3.05, 3.63) is 96.1 Å². The summed E-state index contributed by atoms with van der Waals surface area (Å²) in [5.41, 5.74) is 1.88. The van der Waals surface area contributed by atoms with E-state index in [9.17, 15) is 14.4 Å². The molecule has 0 saturated carbocycles. The van der Waals surface area contributed by atoms with Crippen molar-refractivity contribution in [3.63, 3.8) is 0 Å². The minimum absolute atomic E-state index is 0.190. The van der Waals surface area contributed by atoms with Crippen LogP contribution in [0.25, 0.3) is 0 Å². The molecule has 0 radical (unpaired) electrons. The highest BCUT2D eigenvalue weighted by molar-refractivity contribution is 6.28. The summed E-state index contributed by atoms with van der Waals surface area (Å²) in [6, 6.07) is 23.9. The molecule has 30 heavy (non-hydrogen) atoms. The summed E-state index contributed by atoms with van der Waals surface area (Å²) < 4.78 is 0. The van der Waals surface area contributed by atoms with E-state index in [4.69, 9.17) is 0 Å². The number of hydrogen-bond acceptors (Lipinski definition) is 3. The van der Waals surface area contributed by atoms with Crippen LogP contribution in [0.3, 0.4) is 0 Å². The van der Waals surface area contributed by atoms with Crippen molar-refractivity contribution < 1.29 is 14.4 Å². The Bertz CT molecular complexity index is 1090. The molecule has 3 aromatic rings. The van der Waals surface area contributed by atoms with Crippen LogP contribution in [0.1, 0.15) is 34.6 Å². The minimum atomic E-state index is -0.791. The van der Waals surface area contributed by atoms with Crippen molar-refractivity contribution in [2.24, 2.45) is 5.92 Å². The minimum Gasteiger partial charge on any atom is -0.293 e. The molecule has 1 aliphatic heterocycles. The molecule has 4 rings (SSSR count). The summed E-state index contributed by atoms with van der Waals surface area (Å²) in [5.74, 6) is -1.25. The third-order valence-corrected chi connectivity index (χ3v) is 5.23. The van der Waals surface area contributed by atoms with Crippen LogP contribution in [0, 0.1) is 5.92 Å². The standard InChI is InChI=1S/C25H22N2O3/c1-17(2)22-25(30)27(24(29)19-13-7-4-8-14-19)21-16-10-9-15-20(21)26(22)23(28)18-11-5-3-6-12-18/h3-17,22H,1-2H3/t22-/m1/s1. The Labute approximate surface area is 175 Å². The van der Waals surface area contributed by atoms with Gasteiger partial charge in [0, 0.05) is 11.1 Å². The molecule has 0 bridgehead atoms. The number of benzene rings is 3. The Morgan fingerprint density at radius 2 is 1.17 bits per heavy atom. The van der Waals surface area contributed by atoms with Gasteiger partial charge in [0.25, 0.3) is 17.7 Å². The average molecular weight is 398 g/mol. The number of nitrogens with zero attached hydrogens (tertiary/aromatic N) is 2. The van der Waals surface area contributed by atoms with E-state index in [1.165, 1.54) is 9.80 Å². The van der Waals surface area contributed by atoms with E-state index in [1.54, 1.807) is 66.7 Å². The van der Waals surface area contributed by atoms with Crippen LogP contribution in [0.5, 0.6) is 0 Å². The lowest BCUT2D eigenvalue weighted by Gasteiger charge is -2.42. The van der Waals surface area contributed by atoms with Crippen molar-refractivity contribution in [2.75, 3.05) is 9.80 Å². The van der Waals surface area contributed by atoms with Gasteiger partial charge in [-0.15, -0.1) is 0 Å². The van der Waals surface area contributed by atoms with E-state index in [-0.39, 0.29) is 11.8 Å². The molecule has 150 valence electrons. The summed E-state index contributed by atoms with van der Waals surface area (Å²) in [6.07, 6.45) is 0. The zero-order chi connectivity index (χ0) is 21.3. The third kappa shape index (κ3) is 3.28. The second-order valence-electron chi connectivity index (χ2n) is 7.56. The maximum Gasteiger partial charge on any atom is 0.265 e.